The van der Waals surface area contributed by atoms with Crippen molar-refractivity contribution in [1.29, 1.82) is 0 Å². The summed E-state index contributed by atoms with van der Waals surface area (Å²) in [6.45, 7) is 0.528. The maximum Gasteiger partial charge on any atom is 0.335 e. The van der Waals surface area contributed by atoms with Gasteiger partial charge in [-0.1, -0.05) is 60.7 Å². The van der Waals surface area contributed by atoms with Crippen molar-refractivity contribution in [3.63, 3.8) is 0 Å². The summed E-state index contributed by atoms with van der Waals surface area (Å²) < 4.78 is 6.07. The van der Waals surface area contributed by atoms with Gasteiger partial charge in [0.25, 0.3) is 0 Å². The van der Waals surface area contributed by atoms with Gasteiger partial charge in [0.1, 0.15) is 12.4 Å². The first-order valence-corrected chi connectivity index (χ1v) is 11.7. The predicted molar refractivity (Wildman–Crippen MR) is 134 cm³/mol. The van der Waals surface area contributed by atoms with E-state index < -0.39 is 5.97 Å². The largest absolute Gasteiger partial charge is 0.489 e. The van der Waals surface area contributed by atoms with Gasteiger partial charge in [-0.2, -0.15) is 0 Å². The summed E-state index contributed by atoms with van der Waals surface area (Å²) in [4.78, 5) is 11.4. The number of benzene rings is 4. The van der Waals surface area contributed by atoms with Gasteiger partial charge >= 0.3 is 5.97 Å². The smallest absolute Gasteiger partial charge is 0.335 e. The van der Waals surface area contributed by atoms with Crippen LogP contribution in [0.2, 0.25) is 0 Å². The third-order valence-electron chi connectivity index (χ3n) is 7.07. The number of carboxylic acid groups (broad SMARTS) is 1. The van der Waals surface area contributed by atoms with Gasteiger partial charge in [0, 0.05) is 11.6 Å². The first kappa shape index (κ1) is 20.5. The van der Waals surface area contributed by atoms with Crippen LogP contribution in [-0.4, -0.2) is 11.1 Å². The van der Waals surface area contributed by atoms with Crippen LogP contribution >= 0.6 is 0 Å². The highest BCUT2D eigenvalue weighted by Crippen LogP contribution is 2.50. The summed E-state index contributed by atoms with van der Waals surface area (Å²) in [6.07, 6.45) is 5.41. The summed E-state index contributed by atoms with van der Waals surface area (Å²) in [6, 6.07) is 28.7. The molecule has 34 heavy (non-hydrogen) atoms. The Kier molecular flexibility index (Phi) is 5.06. The van der Waals surface area contributed by atoms with E-state index in [1.54, 1.807) is 6.07 Å². The van der Waals surface area contributed by atoms with Crippen LogP contribution in [0.1, 0.15) is 45.4 Å². The van der Waals surface area contributed by atoms with Gasteiger partial charge in [-0.05, 0) is 76.2 Å². The molecule has 4 nitrogen and oxygen atoms in total. The maximum atomic E-state index is 11.4. The molecule has 1 aliphatic heterocycles. The van der Waals surface area contributed by atoms with Gasteiger partial charge in [-0.3, -0.25) is 0 Å². The van der Waals surface area contributed by atoms with Crippen molar-refractivity contribution in [3.8, 4) is 5.75 Å². The van der Waals surface area contributed by atoms with Crippen LogP contribution in [0, 0.1) is 5.92 Å². The zero-order valence-corrected chi connectivity index (χ0v) is 18.6. The Labute approximate surface area is 198 Å². The SMILES string of the molecule is O=C(O)c1ccc2c(c1)[C@@H]1C=CC[C@@H]1[C@H](c1ccc(OCc3ccc4ccccc4c3)cc1)N2. The summed E-state index contributed by atoms with van der Waals surface area (Å²) in [5.41, 5.74) is 4.79. The number of rotatable bonds is 5. The third kappa shape index (κ3) is 3.71. The molecule has 1 heterocycles. The number of nitrogens with one attached hydrogen (secondary N) is 1. The Morgan fingerprint density at radius 1 is 0.941 bits per heavy atom. The molecule has 2 aliphatic rings. The molecule has 0 unspecified atom stereocenters. The van der Waals surface area contributed by atoms with Gasteiger partial charge < -0.3 is 15.2 Å². The molecule has 4 aromatic rings. The monoisotopic (exact) mass is 447 g/mol. The average molecular weight is 448 g/mol. The Morgan fingerprint density at radius 3 is 2.59 bits per heavy atom. The summed E-state index contributed by atoms with van der Waals surface area (Å²) >= 11 is 0. The normalized spacial score (nSPS) is 20.4. The molecule has 3 atom stereocenters. The number of hydrogen-bond donors (Lipinski definition) is 2. The lowest BCUT2D eigenvalue weighted by Gasteiger charge is -2.37. The molecule has 1 aliphatic carbocycles. The number of carboxylic acids is 1. The predicted octanol–water partition coefficient (Wildman–Crippen LogP) is 6.94. The standard InChI is InChI=1S/C30H25NO3/c32-30(33)23-12-15-28-27(17-23)25-6-3-7-26(25)29(31-28)21-10-13-24(14-11-21)34-18-19-8-9-20-4-1-2-5-22(20)16-19/h1-6,8-17,25-26,29,31H,7,18H2,(H,32,33)/t25-,26+,29+/m1/s1. The number of ether oxygens (including phenoxy) is 1. The lowest BCUT2D eigenvalue weighted by Crippen LogP contribution is -2.29. The number of hydrogen-bond acceptors (Lipinski definition) is 3. The Hall–Kier alpha value is -4.05. The second-order valence-corrected chi connectivity index (χ2v) is 9.12. The van der Waals surface area contributed by atoms with E-state index in [2.05, 4.69) is 72.1 Å². The molecule has 0 aromatic heterocycles. The van der Waals surface area contributed by atoms with E-state index in [1.165, 1.54) is 16.3 Å². The first-order valence-electron chi connectivity index (χ1n) is 11.7. The van der Waals surface area contributed by atoms with Gasteiger partial charge in [-0.15, -0.1) is 0 Å². The van der Waals surface area contributed by atoms with Crippen molar-refractivity contribution in [2.24, 2.45) is 5.92 Å². The molecule has 4 heteroatoms. The average Bonchev–Trinajstić information content (AvgIpc) is 3.37. The number of aromatic carboxylic acids is 1. The molecule has 6 rings (SSSR count). The molecule has 0 saturated carbocycles. The number of anilines is 1. The number of carbonyl (C=O) groups is 1. The van der Waals surface area contributed by atoms with E-state index in [0.29, 0.717) is 18.1 Å². The highest BCUT2D eigenvalue weighted by atomic mass is 16.5. The second-order valence-electron chi connectivity index (χ2n) is 9.12. The van der Waals surface area contributed by atoms with Gasteiger partial charge in [0.15, 0.2) is 0 Å². The molecular formula is C30H25NO3. The Morgan fingerprint density at radius 2 is 1.76 bits per heavy atom. The van der Waals surface area contributed by atoms with Crippen molar-refractivity contribution in [3.05, 3.63) is 119 Å². The second kappa shape index (κ2) is 8.38. The minimum atomic E-state index is -0.886. The molecule has 168 valence electrons. The topological polar surface area (TPSA) is 58.6 Å². The van der Waals surface area contributed by atoms with E-state index in [1.807, 2.05) is 24.3 Å². The fourth-order valence-corrected chi connectivity index (χ4v) is 5.32. The molecule has 0 amide bonds. The van der Waals surface area contributed by atoms with Crippen LogP contribution in [0.15, 0.2) is 97.1 Å². The minimum Gasteiger partial charge on any atom is -0.489 e. The number of allylic oxidation sites excluding steroid dienone is 2. The fourth-order valence-electron chi connectivity index (χ4n) is 5.32. The summed E-state index contributed by atoms with van der Waals surface area (Å²) in [5.74, 6) is 0.549. The first-order chi connectivity index (χ1) is 16.7. The van der Waals surface area contributed by atoms with Crippen molar-refractivity contribution in [1.82, 2.24) is 0 Å². The number of fused-ring (bicyclic) bond motifs is 4. The van der Waals surface area contributed by atoms with E-state index in [0.717, 1.165) is 29.0 Å². The Bertz CT molecular complexity index is 1410. The molecule has 0 bridgehead atoms. The van der Waals surface area contributed by atoms with Gasteiger partial charge in [0.05, 0.1) is 11.6 Å². The zero-order chi connectivity index (χ0) is 23.1. The molecular weight excluding hydrogens is 422 g/mol. The van der Waals surface area contributed by atoms with Crippen LogP contribution in [0.5, 0.6) is 5.75 Å². The lowest BCUT2D eigenvalue weighted by molar-refractivity contribution is 0.0696. The van der Waals surface area contributed by atoms with Crippen LogP contribution < -0.4 is 10.1 Å². The molecule has 0 spiro atoms. The van der Waals surface area contributed by atoms with Crippen LogP contribution in [0.3, 0.4) is 0 Å². The quantitative estimate of drug-likeness (QED) is 0.325. The summed E-state index contributed by atoms with van der Waals surface area (Å²) in [7, 11) is 0. The maximum absolute atomic E-state index is 11.4. The van der Waals surface area contributed by atoms with Crippen molar-refractivity contribution < 1.29 is 14.6 Å². The van der Waals surface area contributed by atoms with E-state index in [-0.39, 0.29) is 12.0 Å². The third-order valence-corrected chi connectivity index (χ3v) is 7.07. The molecule has 0 saturated heterocycles. The zero-order valence-electron chi connectivity index (χ0n) is 18.6. The molecule has 4 aromatic carbocycles. The van der Waals surface area contributed by atoms with Gasteiger partial charge in [-0.25, -0.2) is 4.79 Å². The van der Waals surface area contributed by atoms with Crippen molar-refractivity contribution in [2.75, 3.05) is 5.32 Å². The van der Waals surface area contributed by atoms with Crippen LogP contribution in [-0.2, 0) is 6.61 Å². The molecule has 0 radical (unpaired) electrons. The van der Waals surface area contributed by atoms with Crippen LogP contribution in [0.25, 0.3) is 10.8 Å². The fraction of sp³-hybridized carbons (Fsp3) is 0.167. The highest BCUT2D eigenvalue weighted by molar-refractivity contribution is 5.89. The Balaban J connectivity index is 1.19. The van der Waals surface area contributed by atoms with Gasteiger partial charge in [0.2, 0.25) is 0 Å². The van der Waals surface area contributed by atoms with E-state index >= 15 is 0 Å². The van der Waals surface area contributed by atoms with E-state index in [4.69, 9.17) is 4.74 Å². The van der Waals surface area contributed by atoms with E-state index in [9.17, 15) is 9.90 Å². The van der Waals surface area contributed by atoms with Crippen LogP contribution in [0.4, 0.5) is 5.69 Å². The molecule has 0 fully saturated rings. The molecule has 2 N–H and O–H groups in total. The minimum absolute atomic E-state index is 0.165. The van der Waals surface area contributed by atoms with Crippen molar-refractivity contribution in [2.45, 2.75) is 25.0 Å². The highest BCUT2D eigenvalue weighted by Gasteiger charge is 2.38. The summed E-state index contributed by atoms with van der Waals surface area (Å²) in [5, 5.41) is 15.5. The van der Waals surface area contributed by atoms with Crippen molar-refractivity contribution >= 4 is 22.4 Å². The lowest BCUT2D eigenvalue weighted by atomic mass is 9.76.